The molecule has 0 unspecified atom stereocenters. The van der Waals surface area contributed by atoms with Gasteiger partial charge in [-0.25, -0.2) is 16.8 Å². The number of carbonyl (C=O) groups is 1. The topological polar surface area (TPSA) is 258 Å². The van der Waals surface area contributed by atoms with Gasteiger partial charge in [0.1, 0.15) is 21.5 Å². The zero-order valence-corrected chi connectivity index (χ0v) is 31.2. The van der Waals surface area contributed by atoms with E-state index in [0.29, 0.717) is 17.7 Å². The molecule has 4 aromatic carbocycles. The molecule has 0 aromatic heterocycles. The minimum Gasteiger partial charge on any atom is -0.744 e. The maximum atomic E-state index is 12.2. The molecule has 234 valence electrons. The van der Waals surface area contributed by atoms with Gasteiger partial charge in [-0.1, -0.05) is 6.58 Å². The largest absolute Gasteiger partial charge is 1.00 e. The Morgan fingerprint density at radius 3 is 2.02 bits per heavy atom. The molecule has 0 heterocycles. The van der Waals surface area contributed by atoms with Crippen molar-refractivity contribution in [2.24, 2.45) is 20.5 Å². The molecule has 0 radical (unpaired) electrons. The van der Waals surface area contributed by atoms with Crippen molar-refractivity contribution < 1.29 is 105 Å². The maximum Gasteiger partial charge on any atom is 1.00 e. The second-order valence-corrected chi connectivity index (χ2v) is 12.8. The Hall–Kier alpha value is -2.76. The molecule has 0 saturated heterocycles. The Morgan fingerprint density at radius 2 is 1.51 bits per heavy atom. The van der Waals surface area contributed by atoms with E-state index in [-0.39, 0.29) is 108 Å². The number of phenolic OH excluding ortho intramolecular Hbond substituents is 1. The van der Waals surface area contributed by atoms with Crippen LogP contribution < -0.4 is 75.4 Å². The van der Waals surface area contributed by atoms with Gasteiger partial charge in [0.25, 0.3) is 0 Å². The summed E-state index contributed by atoms with van der Waals surface area (Å²) in [5, 5.41) is 43.9. The summed E-state index contributed by atoms with van der Waals surface area (Å²) >= 11 is 0.319. The molecule has 0 fully saturated rings. The second-order valence-electron chi connectivity index (χ2n) is 8.81. The van der Waals surface area contributed by atoms with E-state index in [1.54, 1.807) is 0 Å². The van der Waals surface area contributed by atoms with Crippen molar-refractivity contribution in [1.82, 2.24) is 0 Å². The normalized spacial score (nSPS) is 11.7. The molecule has 16 nitrogen and oxygen atoms in total. The minimum atomic E-state index is -5.24. The van der Waals surface area contributed by atoms with E-state index in [1.807, 2.05) is 0 Å². The fraction of sp³-hybridized carbons (Fsp3) is 0.0385. The average molecular weight is 719 g/mol. The van der Waals surface area contributed by atoms with E-state index in [0.717, 1.165) is 11.5 Å². The van der Waals surface area contributed by atoms with Gasteiger partial charge in [-0.2, -0.15) is 14.6 Å². The molecule has 4 N–H and O–H groups in total. The molecular formula is C26H20N6Na2O10S3. The molecule has 4 aromatic rings. The van der Waals surface area contributed by atoms with E-state index >= 15 is 0 Å². The average Bonchev–Trinajstić information content (AvgIpc) is 2.99. The second kappa shape index (κ2) is 17.1. The molecule has 0 saturated carbocycles. The Balaban J connectivity index is 0.00000384. The number of hydrogen-bond donors (Lipinski definition) is 3. The van der Waals surface area contributed by atoms with E-state index in [9.17, 15) is 36.5 Å². The van der Waals surface area contributed by atoms with E-state index in [1.165, 1.54) is 61.5 Å². The third-order valence-corrected chi connectivity index (χ3v) is 8.67. The van der Waals surface area contributed by atoms with Crippen LogP contribution in [0.15, 0.2) is 108 Å². The molecule has 4 rings (SSSR count). The van der Waals surface area contributed by atoms with Gasteiger partial charge in [0.15, 0.2) is 15.6 Å². The molecule has 0 aliphatic rings. The number of azo groups is 2. The van der Waals surface area contributed by atoms with Crippen LogP contribution in [0.5, 0.6) is 5.75 Å². The fourth-order valence-electron chi connectivity index (χ4n) is 3.84. The van der Waals surface area contributed by atoms with Crippen molar-refractivity contribution >= 4 is 82.8 Å². The summed E-state index contributed by atoms with van der Waals surface area (Å²) in [7, 11) is -8.94. The Kier molecular flexibility index (Phi) is 14.7. The van der Waals surface area contributed by atoms with Crippen LogP contribution in [-0.2, 0) is 34.1 Å². The summed E-state index contributed by atoms with van der Waals surface area (Å²) in [5.74, 6) is -1.15. The predicted octanol–water partition coefficient (Wildman–Crippen LogP) is -1.02. The van der Waals surface area contributed by atoms with Crippen LogP contribution in [0.2, 0.25) is 0 Å². The number of sulfone groups is 1. The minimum absolute atomic E-state index is 0. The number of nitrogens with zero attached hydrogens (tertiary/aromatic N) is 4. The van der Waals surface area contributed by atoms with Crippen LogP contribution in [-0.4, -0.2) is 32.4 Å². The van der Waals surface area contributed by atoms with Gasteiger partial charge in [-0.05, 0) is 66.0 Å². The van der Waals surface area contributed by atoms with Crippen molar-refractivity contribution in [2.45, 2.75) is 21.6 Å². The maximum absolute atomic E-state index is 12.2. The standard InChI is InChI=1S/C26H22N6O10S3.2Na/c1-3-44(36,37)19-10-8-18(9-11-19)29-31-24-20(43-42-41-35)12-15-13-21(45(38,39)40)25(26(34)22(15)23(24)27)32-30-17-6-4-16(5-7-17)28-14(2)33;;/h3-13,34-35H,1,27H2,2H3,(H,28,33)(H,38,39,40);;/q;2*+1/p-2. The van der Waals surface area contributed by atoms with Gasteiger partial charge >= 0.3 is 59.1 Å². The van der Waals surface area contributed by atoms with Crippen LogP contribution in [0.25, 0.3) is 10.8 Å². The van der Waals surface area contributed by atoms with Crippen molar-refractivity contribution in [3.8, 4) is 5.75 Å². The predicted molar refractivity (Wildman–Crippen MR) is 159 cm³/mol. The van der Waals surface area contributed by atoms with E-state index in [4.69, 9.17) is 5.73 Å². The van der Waals surface area contributed by atoms with Crippen molar-refractivity contribution in [2.75, 3.05) is 11.1 Å². The first-order valence-electron chi connectivity index (χ1n) is 12.1. The van der Waals surface area contributed by atoms with Crippen molar-refractivity contribution in [3.05, 3.63) is 72.7 Å². The summed E-state index contributed by atoms with van der Waals surface area (Å²) in [6, 6.07) is 13.2. The summed E-state index contributed by atoms with van der Waals surface area (Å²) in [6.45, 7) is 4.58. The number of aromatic hydroxyl groups is 1. The summed E-state index contributed by atoms with van der Waals surface area (Å²) in [6.07, 6.45) is 0. The quantitative estimate of drug-likeness (QED) is 0.0320. The monoisotopic (exact) mass is 718 g/mol. The number of nitrogen functional groups attached to an aromatic ring is 1. The third-order valence-electron chi connectivity index (χ3n) is 5.84. The molecule has 0 aliphatic carbocycles. The smallest absolute Gasteiger partial charge is 0.744 e. The van der Waals surface area contributed by atoms with E-state index in [2.05, 4.69) is 41.7 Å². The number of phenols is 1. The van der Waals surface area contributed by atoms with Gasteiger partial charge in [0, 0.05) is 18.0 Å². The molecule has 0 bridgehead atoms. The molecule has 0 atom stereocenters. The zero-order chi connectivity index (χ0) is 32.9. The van der Waals surface area contributed by atoms with Gasteiger partial charge in [-0.15, -0.1) is 10.2 Å². The molecular weight excluding hydrogens is 698 g/mol. The molecule has 21 heteroatoms. The van der Waals surface area contributed by atoms with E-state index < -0.39 is 36.3 Å². The summed E-state index contributed by atoms with van der Waals surface area (Å²) in [4.78, 5) is 10.2. The number of hydrogen-bond acceptors (Lipinski definition) is 16. The summed E-state index contributed by atoms with van der Waals surface area (Å²) in [5.41, 5.74) is 5.90. The molecule has 47 heavy (non-hydrogen) atoms. The van der Waals surface area contributed by atoms with Crippen LogP contribution >= 0.6 is 12.0 Å². The third kappa shape index (κ3) is 9.89. The zero-order valence-electron chi connectivity index (χ0n) is 24.8. The van der Waals surface area contributed by atoms with Crippen LogP contribution in [0.4, 0.5) is 34.1 Å². The fourth-order valence-corrected chi connectivity index (χ4v) is 5.70. The van der Waals surface area contributed by atoms with Gasteiger partial charge in [0.2, 0.25) is 5.91 Å². The first kappa shape index (κ1) is 40.4. The van der Waals surface area contributed by atoms with Crippen LogP contribution in [0, 0.1) is 0 Å². The number of carbonyl (C=O) groups excluding carboxylic acids is 1. The Morgan fingerprint density at radius 1 is 0.957 bits per heavy atom. The number of nitrogens with one attached hydrogen (secondary N) is 1. The van der Waals surface area contributed by atoms with Gasteiger partial charge < -0.3 is 26.0 Å². The number of nitrogens with two attached hydrogens (primary N) is 1. The SMILES string of the molecule is C=CS(=O)(=O)c1ccc(N=Nc2c(SOO[O-])cc3cc(S(=O)(=O)[O-])c(N=Nc4ccc(NC(C)=O)cc4)c(O)c3c2N)cc1.[Na+].[Na+]. The Bertz CT molecular complexity index is 2080. The number of anilines is 2. The van der Waals surface area contributed by atoms with Crippen molar-refractivity contribution in [1.29, 1.82) is 0 Å². The first-order valence-corrected chi connectivity index (χ1v) is 15.8. The summed E-state index contributed by atoms with van der Waals surface area (Å²) < 4.78 is 64.9. The number of amides is 1. The van der Waals surface area contributed by atoms with Gasteiger partial charge in [0.05, 0.1) is 49.2 Å². The molecule has 1 amide bonds. The Labute approximate surface area is 316 Å². The number of rotatable bonds is 11. The van der Waals surface area contributed by atoms with Crippen LogP contribution in [0.1, 0.15) is 6.92 Å². The molecule has 0 spiro atoms. The number of benzene rings is 4. The van der Waals surface area contributed by atoms with Gasteiger partial charge in [-0.3, -0.25) is 9.83 Å². The molecule has 0 aliphatic heterocycles. The first-order chi connectivity index (χ1) is 21.2. The van der Waals surface area contributed by atoms with Crippen molar-refractivity contribution in [3.63, 3.8) is 0 Å². The number of fused-ring (bicyclic) bond motifs is 1. The van der Waals surface area contributed by atoms with Crippen LogP contribution in [0.3, 0.4) is 0 Å².